The van der Waals surface area contributed by atoms with Gasteiger partial charge in [0.05, 0.1) is 17.8 Å². The van der Waals surface area contributed by atoms with Crippen molar-refractivity contribution < 1.29 is 4.39 Å². The highest BCUT2D eigenvalue weighted by Crippen LogP contribution is 2.18. The number of hydrogen-bond donors (Lipinski definition) is 0. The Bertz CT molecular complexity index is 303. The van der Waals surface area contributed by atoms with Gasteiger partial charge in [0, 0.05) is 13.1 Å². The summed E-state index contributed by atoms with van der Waals surface area (Å²) in [6.45, 7) is 1.64. The Labute approximate surface area is 86.9 Å². The molecule has 0 spiro atoms. The summed E-state index contributed by atoms with van der Waals surface area (Å²) in [6.07, 6.45) is 4.43. The van der Waals surface area contributed by atoms with Crippen molar-refractivity contribution in [1.29, 1.82) is 0 Å². The summed E-state index contributed by atoms with van der Waals surface area (Å²) in [7, 11) is 0. The van der Waals surface area contributed by atoms with Crippen LogP contribution in [0.3, 0.4) is 0 Å². The fourth-order valence-corrected chi connectivity index (χ4v) is 1.90. The van der Waals surface area contributed by atoms with Gasteiger partial charge in [0.1, 0.15) is 0 Å². The molecule has 1 atom stereocenters. The minimum atomic E-state index is -0.409. The first-order valence-electron chi connectivity index (χ1n) is 4.62. The number of alkyl halides is 1. The SMILES string of the molecule is Fc1cnc(N2CCCC(Cl)C2)nc1. The highest BCUT2D eigenvalue weighted by atomic mass is 35.5. The zero-order chi connectivity index (χ0) is 9.97. The average Bonchev–Trinajstić information content (AvgIpc) is 2.19. The molecule has 3 nitrogen and oxygen atoms in total. The van der Waals surface area contributed by atoms with Crippen molar-refractivity contribution in [1.82, 2.24) is 9.97 Å². The smallest absolute Gasteiger partial charge is 0.225 e. The number of piperidine rings is 1. The van der Waals surface area contributed by atoms with E-state index >= 15 is 0 Å². The van der Waals surface area contributed by atoms with Gasteiger partial charge in [0.2, 0.25) is 5.95 Å². The van der Waals surface area contributed by atoms with Crippen molar-refractivity contribution in [3.05, 3.63) is 18.2 Å². The third-order valence-electron chi connectivity index (χ3n) is 2.25. The van der Waals surface area contributed by atoms with Crippen molar-refractivity contribution in [3.63, 3.8) is 0 Å². The number of anilines is 1. The number of hydrogen-bond acceptors (Lipinski definition) is 3. The Morgan fingerprint density at radius 1 is 1.43 bits per heavy atom. The highest BCUT2D eigenvalue weighted by molar-refractivity contribution is 6.21. The zero-order valence-electron chi connectivity index (χ0n) is 7.66. The summed E-state index contributed by atoms with van der Waals surface area (Å²) in [6, 6.07) is 0. The summed E-state index contributed by atoms with van der Waals surface area (Å²) in [5.41, 5.74) is 0. The van der Waals surface area contributed by atoms with Crippen molar-refractivity contribution in [2.45, 2.75) is 18.2 Å². The molecule has 1 aliphatic rings. The third kappa shape index (κ3) is 2.12. The molecule has 76 valence electrons. The number of rotatable bonds is 1. The molecule has 1 saturated heterocycles. The van der Waals surface area contributed by atoms with E-state index in [2.05, 4.69) is 9.97 Å². The molecule has 14 heavy (non-hydrogen) atoms. The molecule has 0 aliphatic carbocycles. The molecular weight excluding hydrogens is 205 g/mol. The van der Waals surface area contributed by atoms with E-state index in [0.717, 1.165) is 25.9 Å². The lowest BCUT2D eigenvalue weighted by molar-refractivity contribution is 0.567. The summed E-state index contributed by atoms with van der Waals surface area (Å²) < 4.78 is 12.6. The monoisotopic (exact) mass is 215 g/mol. The van der Waals surface area contributed by atoms with Gasteiger partial charge in [-0.1, -0.05) is 0 Å². The second kappa shape index (κ2) is 4.09. The third-order valence-corrected chi connectivity index (χ3v) is 2.61. The van der Waals surface area contributed by atoms with Crippen LogP contribution in [-0.2, 0) is 0 Å². The molecule has 2 heterocycles. The first-order valence-corrected chi connectivity index (χ1v) is 5.06. The second-order valence-electron chi connectivity index (χ2n) is 3.39. The van der Waals surface area contributed by atoms with Crippen molar-refractivity contribution in [3.8, 4) is 0 Å². The highest BCUT2D eigenvalue weighted by Gasteiger charge is 2.19. The fourth-order valence-electron chi connectivity index (χ4n) is 1.58. The largest absolute Gasteiger partial charge is 0.339 e. The van der Waals surface area contributed by atoms with E-state index in [4.69, 9.17) is 11.6 Å². The Balaban J connectivity index is 2.10. The van der Waals surface area contributed by atoms with Gasteiger partial charge in [-0.05, 0) is 12.8 Å². The molecule has 5 heteroatoms. The number of nitrogens with zero attached hydrogens (tertiary/aromatic N) is 3. The van der Waals surface area contributed by atoms with Crippen LogP contribution in [0, 0.1) is 5.82 Å². The van der Waals surface area contributed by atoms with Gasteiger partial charge in [-0.2, -0.15) is 0 Å². The van der Waals surface area contributed by atoms with Crippen LogP contribution in [0.15, 0.2) is 12.4 Å². The maximum Gasteiger partial charge on any atom is 0.225 e. The summed E-state index contributed by atoms with van der Waals surface area (Å²) >= 11 is 6.02. The van der Waals surface area contributed by atoms with E-state index in [9.17, 15) is 4.39 Å². The van der Waals surface area contributed by atoms with Crippen LogP contribution >= 0.6 is 11.6 Å². The van der Waals surface area contributed by atoms with Crippen LogP contribution in [0.25, 0.3) is 0 Å². The number of aromatic nitrogens is 2. The van der Waals surface area contributed by atoms with E-state index in [1.54, 1.807) is 0 Å². The minimum Gasteiger partial charge on any atom is -0.339 e. The first-order chi connectivity index (χ1) is 6.75. The van der Waals surface area contributed by atoms with E-state index in [0.29, 0.717) is 5.95 Å². The predicted molar refractivity (Wildman–Crippen MR) is 53.1 cm³/mol. The first kappa shape index (κ1) is 9.65. The molecule has 0 bridgehead atoms. The van der Waals surface area contributed by atoms with Crippen molar-refractivity contribution in [2.24, 2.45) is 0 Å². The predicted octanol–water partition coefficient (Wildman–Crippen LogP) is 1.82. The Morgan fingerprint density at radius 2 is 2.14 bits per heavy atom. The summed E-state index contributed by atoms with van der Waals surface area (Å²) in [5.74, 6) is 0.157. The maximum atomic E-state index is 12.6. The van der Waals surface area contributed by atoms with E-state index in [-0.39, 0.29) is 5.38 Å². The van der Waals surface area contributed by atoms with Gasteiger partial charge >= 0.3 is 0 Å². The molecule has 1 aliphatic heterocycles. The fraction of sp³-hybridized carbons (Fsp3) is 0.556. The maximum absolute atomic E-state index is 12.6. The van der Waals surface area contributed by atoms with Gasteiger partial charge in [-0.15, -0.1) is 11.6 Å². The summed E-state index contributed by atoms with van der Waals surface area (Å²) in [4.78, 5) is 9.82. The van der Waals surface area contributed by atoms with Gasteiger partial charge in [0.15, 0.2) is 5.82 Å². The zero-order valence-corrected chi connectivity index (χ0v) is 8.41. The topological polar surface area (TPSA) is 29.0 Å². The number of halogens is 2. The van der Waals surface area contributed by atoms with E-state index in [1.165, 1.54) is 12.4 Å². The van der Waals surface area contributed by atoms with Gasteiger partial charge in [-0.25, -0.2) is 14.4 Å². The molecule has 1 unspecified atom stereocenters. The molecule has 0 saturated carbocycles. The molecule has 0 aromatic carbocycles. The van der Waals surface area contributed by atoms with Gasteiger partial charge < -0.3 is 4.90 Å². The minimum absolute atomic E-state index is 0.150. The van der Waals surface area contributed by atoms with Crippen LogP contribution in [0.2, 0.25) is 0 Å². The lowest BCUT2D eigenvalue weighted by Gasteiger charge is -2.29. The summed E-state index contributed by atoms with van der Waals surface area (Å²) in [5, 5.41) is 0.150. The second-order valence-corrected chi connectivity index (χ2v) is 4.00. The quantitative estimate of drug-likeness (QED) is 0.670. The molecule has 0 radical (unpaired) electrons. The Morgan fingerprint density at radius 3 is 2.79 bits per heavy atom. The molecule has 1 fully saturated rings. The molecule has 1 aromatic rings. The van der Waals surface area contributed by atoms with Crippen LogP contribution in [0.5, 0.6) is 0 Å². The van der Waals surface area contributed by atoms with Crippen LogP contribution in [0.4, 0.5) is 10.3 Å². The van der Waals surface area contributed by atoms with Gasteiger partial charge in [-0.3, -0.25) is 0 Å². The molecule has 0 amide bonds. The Hall–Kier alpha value is -0.900. The lowest BCUT2D eigenvalue weighted by Crippen LogP contribution is -2.37. The van der Waals surface area contributed by atoms with E-state index < -0.39 is 5.82 Å². The van der Waals surface area contributed by atoms with Crippen LogP contribution < -0.4 is 4.90 Å². The average molecular weight is 216 g/mol. The lowest BCUT2D eigenvalue weighted by atomic mass is 10.1. The Kier molecular flexibility index (Phi) is 2.82. The van der Waals surface area contributed by atoms with Crippen molar-refractivity contribution >= 4 is 17.5 Å². The van der Waals surface area contributed by atoms with Crippen LogP contribution in [0.1, 0.15) is 12.8 Å². The normalized spacial score (nSPS) is 22.4. The molecular formula is C9H11ClFN3. The molecule has 2 rings (SSSR count). The molecule has 0 N–H and O–H groups in total. The molecule has 1 aromatic heterocycles. The van der Waals surface area contributed by atoms with E-state index in [1.807, 2.05) is 4.90 Å². The standard InChI is InChI=1S/C9H11ClFN3/c10-7-2-1-3-14(6-7)9-12-4-8(11)5-13-9/h4-5,7H,1-3,6H2. The van der Waals surface area contributed by atoms with Gasteiger partial charge in [0.25, 0.3) is 0 Å². The van der Waals surface area contributed by atoms with Crippen LogP contribution in [-0.4, -0.2) is 28.4 Å². The van der Waals surface area contributed by atoms with Crippen molar-refractivity contribution in [2.75, 3.05) is 18.0 Å².